The lowest BCUT2D eigenvalue weighted by molar-refractivity contribution is -0.121. The molecule has 0 aromatic carbocycles. The molecule has 2 rings (SSSR count). The highest BCUT2D eigenvalue weighted by molar-refractivity contribution is 7.15. The third-order valence-electron chi connectivity index (χ3n) is 2.96. The van der Waals surface area contributed by atoms with Crippen LogP contribution in [0, 0.1) is 6.92 Å². The number of aliphatic hydroxyl groups is 1. The van der Waals surface area contributed by atoms with Gasteiger partial charge in [0.05, 0.1) is 24.8 Å². The van der Waals surface area contributed by atoms with Gasteiger partial charge in [-0.25, -0.2) is 4.98 Å². The first kappa shape index (κ1) is 15.0. The van der Waals surface area contributed by atoms with Crippen LogP contribution in [0.25, 0.3) is 4.96 Å². The second-order valence-electron chi connectivity index (χ2n) is 4.67. The van der Waals surface area contributed by atoms with Crippen LogP contribution in [0.5, 0.6) is 0 Å². The standard InChI is InChI=1S/C13H19N3O3S/c1-9-6-16-11(8-20-13(16)14-9)5-12(18)15-10(3-4-17)7-19-2/h6,8,10,17H,3-5,7H2,1-2H3,(H,15,18). The fourth-order valence-electron chi connectivity index (χ4n) is 2.07. The van der Waals surface area contributed by atoms with Gasteiger partial charge in [0.2, 0.25) is 5.91 Å². The number of nitrogens with zero attached hydrogens (tertiary/aromatic N) is 2. The Morgan fingerprint density at radius 3 is 3.15 bits per heavy atom. The van der Waals surface area contributed by atoms with Crippen molar-refractivity contribution in [3.05, 3.63) is 23.0 Å². The summed E-state index contributed by atoms with van der Waals surface area (Å²) in [5.74, 6) is -0.0773. The summed E-state index contributed by atoms with van der Waals surface area (Å²) in [6, 6.07) is -0.156. The maximum atomic E-state index is 12.0. The van der Waals surface area contributed by atoms with Crippen molar-refractivity contribution >= 4 is 22.2 Å². The maximum Gasteiger partial charge on any atom is 0.226 e. The van der Waals surface area contributed by atoms with Gasteiger partial charge in [-0.15, -0.1) is 11.3 Å². The van der Waals surface area contributed by atoms with Gasteiger partial charge in [-0.1, -0.05) is 0 Å². The summed E-state index contributed by atoms with van der Waals surface area (Å²) in [5, 5.41) is 13.8. The molecule has 110 valence electrons. The molecular weight excluding hydrogens is 278 g/mol. The SMILES string of the molecule is COCC(CCO)NC(=O)Cc1csc2nc(C)cn12. The normalized spacial score (nSPS) is 12.8. The smallest absolute Gasteiger partial charge is 0.226 e. The van der Waals surface area contributed by atoms with E-state index >= 15 is 0 Å². The molecule has 1 unspecified atom stereocenters. The number of carbonyl (C=O) groups is 1. The Morgan fingerprint density at radius 1 is 1.65 bits per heavy atom. The van der Waals surface area contributed by atoms with Gasteiger partial charge in [0.1, 0.15) is 0 Å². The number of amides is 1. The first-order valence-corrected chi connectivity index (χ1v) is 7.33. The van der Waals surface area contributed by atoms with Crippen LogP contribution < -0.4 is 5.32 Å². The molecule has 0 spiro atoms. The summed E-state index contributed by atoms with van der Waals surface area (Å²) >= 11 is 1.52. The van der Waals surface area contributed by atoms with E-state index in [0.717, 1.165) is 16.3 Å². The summed E-state index contributed by atoms with van der Waals surface area (Å²) in [6.07, 6.45) is 2.71. The van der Waals surface area contributed by atoms with Crippen molar-refractivity contribution in [2.75, 3.05) is 20.3 Å². The average molecular weight is 297 g/mol. The number of nitrogens with one attached hydrogen (secondary N) is 1. The molecular formula is C13H19N3O3S. The molecule has 7 heteroatoms. The number of thiazole rings is 1. The van der Waals surface area contributed by atoms with E-state index in [0.29, 0.717) is 19.4 Å². The fraction of sp³-hybridized carbons (Fsp3) is 0.538. The van der Waals surface area contributed by atoms with Crippen molar-refractivity contribution < 1.29 is 14.6 Å². The van der Waals surface area contributed by atoms with E-state index in [2.05, 4.69) is 10.3 Å². The number of ether oxygens (including phenoxy) is 1. The van der Waals surface area contributed by atoms with Crippen LogP contribution in [-0.4, -0.2) is 46.8 Å². The van der Waals surface area contributed by atoms with Crippen LogP contribution in [0.2, 0.25) is 0 Å². The van der Waals surface area contributed by atoms with Crippen molar-refractivity contribution in [2.24, 2.45) is 0 Å². The minimum atomic E-state index is -0.156. The number of hydrogen-bond donors (Lipinski definition) is 2. The Bertz CT molecular complexity index is 572. The lowest BCUT2D eigenvalue weighted by Crippen LogP contribution is -2.39. The third-order valence-corrected chi connectivity index (χ3v) is 3.84. The molecule has 20 heavy (non-hydrogen) atoms. The first-order valence-electron chi connectivity index (χ1n) is 6.45. The van der Waals surface area contributed by atoms with Crippen LogP contribution in [0.1, 0.15) is 17.8 Å². The largest absolute Gasteiger partial charge is 0.396 e. The van der Waals surface area contributed by atoms with E-state index in [1.165, 1.54) is 11.3 Å². The van der Waals surface area contributed by atoms with Crippen LogP contribution in [0.15, 0.2) is 11.6 Å². The lowest BCUT2D eigenvalue weighted by Gasteiger charge is -2.16. The Balaban J connectivity index is 1.99. The van der Waals surface area contributed by atoms with Crippen LogP contribution in [0.3, 0.4) is 0 Å². The highest BCUT2D eigenvalue weighted by Crippen LogP contribution is 2.16. The lowest BCUT2D eigenvalue weighted by atomic mass is 10.2. The number of aliphatic hydroxyl groups excluding tert-OH is 1. The summed E-state index contributed by atoms with van der Waals surface area (Å²) < 4.78 is 6.97. The number of rotatable bonds is 7. The quantitative estimate of drug-likeness (QED) is 0.791. The zero-order valence-corrected chi connectivity index (χ0v) is 12.4. The van der Waals surface area contributed by atoms with Crippen molar-refractivity contribution in [1.29, 1.82) is 0 Å². The highest BCUT2D eigenvalue weighted by Gasteiger charge is 2.14. The Hall–Kier alpha value is -1.44. The van der Waals surface area contributed by atoms with Gasteiger partial charge < -0.3 is 15.2 Å². The first-order chi connectivity index (χ1) is 9.63. The van der Waals surface area contributed by atoms with Crippen LogP contribution in [0.4, 0.5) is 0 Å². The van der Waals surface area contributed by atoms with E-state index in [1.807, 2.05) is 22.9 Å². The molecule has 2 heterocycles. The highest BCUT2D eigenvalue weighted by atomic mass is 32.1. The van der Waals surface area contributed by atoms with Crippen LogP contribution in [-0.2, 0) is 16.0 Å². The molecule has 2 N–H and O–H groups in total. The molecule has 2 aromatic heterocycles. The van der Waals surface area contributed by atoms with Gasteiger partial charge in [0.15, 0.2) is 4.96 Å². The molecule has 0 fully saturated rings. The van der Waals surface area contributed by atoms with Gasteiger partial charge in [-0.05, 0) is 13.3 Å². The Morgan fingerprint density at radius 2 is 2.45 bits per heavy atom. The minimum Gasteiger partial charge on any atom is -0.396 e. The molecule has 2 aromatic rings. The number of methoxy groups -OCH3 is 1. The molecule has 0 saturated heterocycles. The molecule has 0 aliphatic heterocycles. The number of aromatic nitrogens is 2. The summed E-state index contributed by atoms with van der Waals surface area (Å²) in [4.78, 5) is 17.3. The van der Waals surface area contributed by atoms with Crippen molar-refractivity contribution in [3.63, 3.8) is 0 Å². The molecule has 1 atom stereocenters. The van der Waals surface area contributed by atoms with Gasteiger partial charge in [0, 0.05) is 31.0 Å². The number of fused-ring (bicyclic) bond motifs is 1. The van der Waals surface area contributed by atoms with Crippen molar-refractivity contribution in [3.8, 4) is 0 Å². The topological polar surface area (TPSA) is 75.9 Å². The van der Waals surface area contributed by atoms with Gasteiger partial charge in [0.25, 0.3) is 0 Å². The summed E-state index contributed by atoms with van der Waals surface area (Å²) in [6.45, 7) is 2.35. The zero-order chi connectivity index (χ0) is 14.5. The van der Waals surface area contributed by atoms with E-state index in [9.17, 15) is 4.79 Å². The second-order valence-corrected chi connectivity index (χ2v) is 5.51. The number of carbonyl (C=O) groups excluding carboxylic acids is 1. The summed E-state index contributed by atoms with van der Waals surface area (Å²) in [7, 11) is 1.58. The monoisotopic (exact) mass is 297 g/mol. The van der Waals surface area contributed by atoms with Crippen molar-refractivity contribution in [2.45, 2.75) is 25.8 Å². The Labute approximate surface area is 121 Å². The predicted octanol–water partition coefficient (Wildman–Crippen LogP) is 0.760. The zero-order valence-electron chi connectivity index (χ0n) is 11.6. The van der Waals surface area contributed by atoms with E-state index in [4.69, 9.17) is 9.84 Å². The van der Waals surface area contributed by atoms with E-state index in [-0.39, 0.29) is 18.6 Å². The predicted molar refractivity (Wildman–Crippen MR) is 77.0 cm³/mol. The molecule has 0 aliphatic carbocycles. The fourth-order valence-corrected chi connectivity index (χ4v) is 2.98. The molecule has 0 aliphatic rings. The van der Waals surface area contributed by atoms with Gasteiger partial charge in [-0.3, -0.25) is 9.20 Å². The van der Waals surface area contributed by atoms with Gasteiger partial charge >= 0.3 is 0 Å². The molecule has 6 nitrogen and oxygen atoms in total. The van der Waals surface area contributed by atoms with Crippen LogP contribution >= 0.6 is 11.3 Å². The molecule has 0 radical (unpaired) electrons. The number of hydrogen-bond acceptors (Lipinski definition) is 5. The number of imidazole rings is 1. The average Bonchev–Trinajstić information content (AvgIpc) is 2.91. The molecule has 0 bridgehead atoms. The van der Waals surface area contributed by atoms with E-state index < -0.39 is 0 Å². The maximum absolute atomic E-state index is 12.0. The van der Waals surface area contributed by atoms with Gasteiger partial charge in [-0.2, -0.15) is 0 Å². The molecule has 0 saturated carbocycles. The van der Waals surface area contributed by atoms with Crippen molar-refractivity contribution in [1.82, 2.24) is 14.7 Å². The summed E-state index contributed by atoms with van der Waals surface area (Å²) in [5.41, 5.74) is 1.86. The van der Waals surface area contributed by atoms with E-state index in [1.54, 1.807) is 7.11 Å². The minimum absolute atomic E-state index is 0.0255. The number of aryl methyl sites for hydroxylation is 1. The third kappa shape index (κ3) is 3.56. The molecule has 1 amide bonds. The second kappa shape index (κ2) is 6.83. The Kier molecular flexibility index (Phi) is 5.11.